The van der Waals surface area contributed by atoms with Gasteiger partial charge in [-0.25, -0.2) is 0 Å². The molecular weight excluding hydrogens is 290 g/mol. The summed E-state index contributed by atoms with van der Waals surface area (Å²) >= 11 is 0. The number of carbonyl (C=O) groups is 1. The molecule has 0 saturated carbocycles. The van der Waals surface area contributed by atoms with Crippen LogP contribution in [-0.4, -0.2) is 26.7 Å². The molecule has 0 spiro atoms. The Morgan fingerprint density at radius 2 is 2.04 bits per heavy atom. The quantitative estimate of drug-likeness (QED) is 0.662. The molecule has 1 amide bonds. The number of benzene rings is 1. The van der Waals surface area contributed by atoms with Crippen molar-refractivity contribution in [1.29, 1.82) is 0 Å². The molecule has 0 aliphatic rings. The Hall–Kier alpha value is -1.97. The van der Waals surface area contributed by atoms with Crippen LogP contribution in [0.1, 0.15) is 45.1 Å². The summed E-state index contributed by atoms with van der Waals surface area (Å²) in [6.45, 7) is 5.10. The van der Waals surface area contributed by atoms with E-state index in [4.69, 9.17) is 9.47 Å². The predicted molar refractivity (Wildman–Crippen MR) is 94.9 cm³/mol. The van der Waals surface area contributed by atoms with Crippen LogP contribution >= 0.6 is 0 Å². The second kappa shape index (κ2) is 10.7. The van der Waals surface area contributed by atoms with Crippen molar-refractivity contribution in [2.75, 3.05) is 20.8 Å². The molecule has 4 nitrogen and oxygen atoms in total. The van der Waals surface area contributed by atoms with Gasteiger partial charge in [0, 0.05) is 24.3 Å². The minimum Gasteiger partial charge on any atom is -0.497 e. The number of hydrogen-bond acceptors (Lipinski definition) is 3. The lowest BCUT2D eigenvalue weighted by atomic mass is 9.99. The van der Waals surface area contributed by atoms with E-state index >= 15 is 0 Å². The lowest BCUT2D eigenvalue weighted by Gasteiger charge is -2.14. The molecule has 0 radical (unpaired) electrons. The first-order valence-electron chi connectivity index (χ1n) is 8.32. The molecule has 0 aliphatic heterocycles. The molecule has 0 aromatic heterocycles. The summed E-state index contributed by atoms with van der Waals surface area (Å²) in [5.74, 6) is 1.90. The molecular formula is C19H29NO3. The summed E-state index contributed by atoms with van der Waals surface area (Å²) in [6, 6.07) is 5.52. The van der Waals surface area contributed by atoms with Gasteiger partial charge >= 0.3 is 0 Å². The molecule has 1 atom stereocenters. The fourth-order valence-electron chi connectivity index (χ4n) is 2.37. The molecule has 23 heavy (non-hydrogen) atoms. The third kappa shape index (κ3) is 6.76. The summed E-state index contributed by atoms with van der Waals surface area (Å²) in [5.41, 5.74) is 0.849. The molecule has 0 aliphatic carbocycles. The Balaban J connectivity index is 2.58. The van der Waals surface area contributed by atoms with Gasteiger partial charge in [-0.05, 0) is 30.5 Å². The minimum absolute atomic E-state index is 0.0715. The summed E-state index contributed by atoms with van der Waals surface area (Å²) < 4.78 is 10.5. The first-order valence-corrected chi connectivity index (χ1v) is 8.32. The number of amides is 1. The van der Waals surface area contributed by atoms with E-state index in [9.17, 15) is 4.79 Å². The third-order valence-electron chi connectivity index (χ3n) is 3.96. The van der Waals surface area contributed by atoms with Gasteiger partial charge in [0.1, 0.15) is 11.5 Å². The van der Waals surface area contributed by atoms with Crippen molar-refractivity contribution < 1.29 is 14.3 Å². The van der Waals surface area contributed by atoms with Crippen LogP contribution in [0.4, 0.5) is 0 Å². The number of rotatable bonds is 10. The Morgan fingerprint density at radius 1 is 1.26 bits per heavy atom. The normalized spacial score (nSPS) is 12.2. The molecule has 0 bridgehead atoms. The Kier molecular flexibility index (Phi) is 8.88. The zero-order chi connectivity index (χ0) is 17.1. The van der Waals surface area contributed by atoms with Gasteiger partial charge in [-0.3, -0.25) is 4.79 Å². The predicted octanol–water partition coefficient (Wildman–Crippen LogP) is 4.05. The molecule has 0 saturated heterocycles. The van der Waals surface area contributed by atoms with E-state index < -0.39 is 0 Å². The van der Waals surface area contributed by atoms with Crippen LogP contribution < -0.4 is 14.8 Å². The standard InChI is InChI=1S/C19H29NO3/c1-5-7-8-15(6-2)14-20-19(21)12-10-16-9-11-17(22-3)13-18(16)23-4/h9-13,15H,5-8,14H2,1-4H3,(H,20,21). The van der Waals surface area contributed by atoms with Crippen molar-refractivity contribution in [2.24, 2.45) is 5.92 Å². The molecule has 128 valence electrons. The number of unbranched alkanes of at least 4 members (excludes halogenated alkanes) is 1. The van der Waals surface area contributed by atoms with Gasteiger partial charge in [0.15, 0.2) is 0 Å². The largest absolute Gasteiger partial charge is 0.497 e. The maximum Gasteiger partial charge on any atom is 0.244 e. The molecule has 1 unspecified atom stereocenters. The Labute approximate surface area is 139 Å². The van der Waals surface area contributed by atoms with E-state index in [2.05, 4.69) is 19.2 Å². The SMILES string of the molecule is CCCCC(CC)CNC(=O)C=Cc1ccc(OC)cc1OC. The van der Waals surface area contributed by atoms with Crippen LogP contribution in [0.5, 0.6) is 11.5 Å². The highest BCUT2D eigenvalue weighted by molar-refractivity contribution is 5.92. The number of hydrogen-bond donors (Lipinski definition) is 1. The van der Waals surface area contributed by atoms with Crippen LogP contribution in [-0.2, 0) is 4.79 Å². The van der Waals surface area contributed by atoms with Gasteiger partial charge in [0.25, 0.3) is 0 Å². The van der Waals surface area contributed by atoms with Gasteiger partial charge in [0.05, 0.1) is 14.2 Å². The number of methoxy groups -OCH3 is 2. The smallest absolute Gasteiger partial charge is 0.244 e. The number of ether oxygens (including phenoxy) is 2. The van der Waals surface area contributed by atoms with Crippen molar-refractivity contribution >= 4 is 12.0 Å². The van der Waals surface area contributed by atoms with Gasteiger partial charge in [-0.15, -0.1) is 0 Å². The van der Waals surface area contributed by atoms with Crippen LogP contribution in [0.25, 0.3) is 6.08 Å². The van der Waals surface area contributed by atoms with Gasteiger partial charge in [-0.1, -0.05) is 33.1 Å². The van der Waals surface area contributed by atoms with Crippen LogP contribution in [0.2, 0.25) is 0 Å². The van der Waals surface area contributed by atoms with Crippen LogP contribution in [0, 0.1) is 5.92 Å². The molecule has 1 rings (SSSR count). The lowest BCUT2D eigenvalue weighted by molar-refractivity contribution is -0.116. The Bertz CT molecular complexity index is 511. The topological polar surface area (TPSA) is 47.6 Å². The molecule has 0 heterocycles. The molecule has 1 N–H and O–H groups in total. The fourth-order valence-corrected chi connectivity index (χ4v) is 2.37. The summed E-state index contributed by atoms with van der Waals surface area (Å²) in [6.07, 6.45) is 7.99. The Morgan fingerprint density at radius 3 is 2.65 bits per heavy atom. The van der Waals surface area contributed by atoms with E-state index in [1.54, 1.807) is 32.4 Å². The first-order chi connectivity index (χ1) is 11.1. The van der Waals surface area contributed by atoms with Gasteiger partial charge in [-0.2, -0.15) is 0 Å². The van der Waals surface area contributed by atoms with E-state index in [0.717, 1.165) is 24.3 Å². The number of carbonyl (C=O) groups excluding carboxylic acids is 1. The molecule has 0 fully saturated rings. The van der Waals surface area contributed by atoms with E-state index in [1.165, 1.54) is 19.3 Å². The summed E-state index contributed by atoms with van der Waals surface area (Å²) in [4.78, 5) is 12.0. The van der Waals surface area contributed by atoms with Crippen molar-refractivity contribution in [1.82, 2.24) is 5.32 Å². The van der Waals surface area contributed by atoms with E-state index in [1.807, 2.05) is 12.1 Å². The lowest BCUT2D eigenvalue weighted by Crippen LogP contribution is -2.27. The monoisotopic (exact) mass is 319 g/mol. The molecule has 1 aromatic rings. The van der Waals surface area contributed by atoms with E-state index in [0.29, 0.717) is 11.7 Å². The summed E-state index contributed by atoms with van der Waals surface area (Å²) in [5, 5.41) is 2.98. The maximum absolute atomic E-state index is 12.0. The molecule has 1 aromatic carbocycles. The highest BCUT2D eigenvalue weighted by atomic mass is 16.5. The van der Waals surface area contributed by atoms with Crippen molar-refractivity contribution in [3.8, 4) is 11.5 Å². The molecule has 4 heteroatoms. The highest BCUT2D eigenvalue weighted by Gasteiger charge is 2.07. The average molecular weight is 319 g/mol. The second-order valence-electron chi connectivity index (χ2n) is 5.60. The summed E-state index contributed by atoms with van der Waals surface area (Å²) in [7, 11) is 3.21. The van der Waals surface area contributed by atoms with Gasteiger partial charge < -0.3 is 14.8 Å². The maximum atomic E-state index is 12.0. The van der Waals surface area contributed by atoms with Crippen molar-refractivity contribution in [2.45, 2.75) is 39.5 Å². The zero-order valence-corrected chi connectivity index (χ0v) is 14.7. The highest BCUT2D eigenvalue weighted by Crippen LogP contribution is 2.25. The minimum atomic E-state index is -0.0715. The average Bonchev–Trinajstić information content (AvgIpc) is 2.59. The second-order valence-corrected chi connectivity index (χ2v) is 5.60. The van der Waals surface area contributed by atoms with Gasteiger partial charge in [0.2, 0.25) is 5.91 Å². The van der Waals surface area contributed by atoms with Crippen molar-refractivity contribution in [3.63, 3.8) is 0 Å². The van der Waals surface area contributed by atoms with Crippen LogP contribution in [0.3, 0.4) is 0 Å². The zero-order valence-electron chi connectivity index (χ0n) is 14.7. The van der Waals surface area contributed by atoms with Crippen molar-refractivity contribution in [3.05, 3.63) is 29.8 Å². The van der Waals surface area contributed by atoms with E-state index in [-0.39, 0.29) is 5.91 Å². The number of nitrogens with one attached hydrogen (secondary N) is 1. The first kappa shape index (κ1) is 19.1. The fraction of sp³-hybridized carbons (Fsp3) is 0.526. The van der Waals surface area contributed by atoms with Crippen LogP contribution in [0.15, 0.2) is 24.3 Å². The third-order valence-corrected chi connectivity index (χ3v) is 3.96.